The van der Waals surface area contributed by atoms with Crippen LogP contribution in [-0.4, -0.2) is 17.8 Å². The van der Waals surface area contributed by atoms with Crippen molar-refractivity contribution < 1.29 is 4.58 Å². The summed E-state index contributed by atoms with van der Waals surface area (Å²) in [6.07, 6.45) is 5.60. The highest BCUT2D eigenvalue weighted by atomic mass is 35.5. The number of likely N-dealkylation sites (N-methyl/N-ethyl adjacent to an activating group) is 1. The van der Waals surface area contributed by atoms with E-state index in [4.69, 9.17) is 23.2 Å². The van der Waals surface area contributed by atoms with Crippen LogP contribution in [0.25, 0.3) is 0 Å². The fraction of sp³-hybridized carbons (Fsp3) is 0.143. The van der Waals surface area contributed by atoms with Crippen molar-refractivity contribution in [1.29, 1.82) is 0 Å². The van der Waals surface area contributed by atoms with Crippen LogP contribution in [0.15, 0.2) is 22.2 Å². The van der Waals surface area contributed by atoms with E-state index in [9.17, 15) is 0 Å². The first-order valence-corrected chi connectivity index (χ1v) is 3.59. The van der Waals surface area contributed by atoms with Gasteiger partial charge in [0.2, 0.25) is 0 Å². The lowest BCUT2D eigenvalue weighted by Crippen LogP contribution is -2.06. The second-order valence-electron chi connectivity index (χ2n) is 2.02. The summed E-state index contributed by atoms with van der Waals surface area (Å²) >= 11 is 11.1. The molecule has 0 N–H and O–H groups in total. The summed E-state index contributed by atoms with van der Waals surface area (Å²) in [5, 5.41) is 0. The van der Waals surface area contributed by atoms with Crippen LogP contribution in [0.2, 0.25) is 0 Å². The minimum Gasteiger partial charge on any atom is -0.314 e. The Bertz CT molecular complexity index is 222. The van der Waals surface area contributed by atoms with Gasteiger partial charge in [-0.2, -0.15) is 0 Å². The lowest BCUT2D eigenvalue weighted by molar-refractivity contribution is -0.442. The molecule has 1 nitrogen and oxygen atoms in total. The number of nitrogens with zero attached hydrogens (tertiary/aromatic N) is 1. The Hall–Kier alpha value is -0.400. The summed E-state index contributed by atoms with van der Waals surface area (Å²) < 4.78 is 2.19. The Morgan fingerprint density at radius 2 is 2.30 bits per heavy atom. The second kappa shape index (κ2) is 3.13. The smallest absolute Gasteiger partial charge is 0.115 e. The van der Waals surface area contributed by atoms with Gasteiger partial charge in [0, 0.05) is 0 Å². The Kier molecular flexibility index (Phi) is 2.41. The zero-order valence-corrected chi connectivity index (χ0v) is 7.02. The lowest BCUT2D eigenvalue weighted by Gasteiger charge is -2.07. The molecular weight excluding hydrogens is 169 g/mol. The Labute approximate surface area is 70.3 Å². The molecule has 1 aliphatic rings. The average Bonchev–Trinajstić information content (AvgIpc) is 1.88. The quantitative estimate of drug-likeness (QED) is 0.392. The Morgan fingerprint density at radius 1 is 1.60 bits per heavy atom. The van der Waals surface area contributed by atoms with Crippen LogP contribution in [-0.2, 0) is 0 Å². The molecule has 0 saturated heterocycles. The van der Waals surface area contributed by atoms with E-state index in [1.165, 1.54) is 0 Å². The predicted molar refractivity (Wildman–Crippen MR) is 44.4 cm³/mol. The molecule has 0 bridgehead atoms. The van der Waals surface area contributed by atoms with Crippen molar-refractivity contribution in [2.45, 2.75) is 0 Å². The Morgan fingerprint density at radius 3 is 2.70 bits per heavy atom. The molecule has 0 aromatic rings. The zero-order valence-electron chi connectivity index (χ0n) is 5.51. The molecule has 1 heterocycles. The standard InChI is InChI=1S/C7H7Cl2N/c1-10-4-2-3-6(5-10)7(8)9/h2-5H,1H3. The fourth-order valence-corrected chi connectivity index (χ4v) is 0.923. The maximum atomic E-state index is 5.54. The number of halogens is 2. The minimum absolute atomic E-state index is 0.302. The highest BCUT2D eigenvalue weighted by Crippen LogP contribution is 2.15. The van der Waals surface area contributed by atoms with Crippen molar-refractivity contribution in [2.24, 2.45) is 0 Å². The molecule has 0 amide bonds. The summed E-state index contributed by atoms with van der Waals surface area (Å²) in [6.45, 7) is 1.92. The minimum atomic E-state index is 0.302. The molecule has 10 heavy (non-hydrogen) atoms. The van der Waals surface area contributed by atoms with Crippen LogP contribution in [0.5, 0.6) is 0 Å². The van der Waals surface area contributed by atoms with Crippen LogP contribution in [0.4, 0.5) is 0 Å². The van der Waals surface area contributed by atoms with Gasteiger partial charge in [0.15, 0.2) is 0 Å². The van der Waals surface area contributed by atoms with E-state index in [1.807, 2.05) is 36.5 Å². The van der Waals surface area contributed by atoms with Crippen molar-refractivity contribution in [2.75, 3.05) is 7.05 Å². The highest BCUT2D eigenvalue weighted by Gasteiger charge is 1.97. The van der Waals surface area contributed by atoms with Gasteiger partial charge in [-0.05, 0) is 5.57 Å². The van der Waals surface area contributed by atoms with Gasteiger partial charge in [-0.15, -0.1) is 12.2 Å². The molecule has 0 fully saturated rings. The van der Waals surface area contributed by atoms with Crippen molar-refractivity contribution in [3.63, 3.8) is 0 Å². The van der Waals surface area contributed by atoms with Gasteiger partial charge in [-0.3, -0.25) is 0 Å². The molecule has 0 aromatic heterocycles. The van der Waals surface area contributed by atoms with Crippen LogP contribution >= 0.6 is 23.2 Å². The molecular formula is C7H7Cl2N. The van der Waals surface area contributed by atoms with Gasteiger partial charge in [-0.1, -0.05) is 23.2 Å². The van der Waals surface area contributed by atoms with Crippen molar-refractivity contribution >= 4 is 29.4 Å². The molecule has 1 rings (SSSR count). The molecule has 1 aliphatic heterocycles. The van der Waals surface area contributed by atoms with E-state index in [1.54, 1.807) is 0 Å². The van der Waals surface area contributed by atoms with Gasteiger partial charge >= 0.3 is 0 Å². The third-order valence-electron chi connectivity index (χ3n) is 1.16. The van der Waals surface area contributed by atoms with E-state index < -0.39 is 0 Å². The first kappa shape index (κ1) is 7.70. The topological polar surface area (TPSA) is 3.01 Å². The maximum absolute atomic E-state index is 5.54. The largest absolute Gasteiger partial charge is 0.314 e. The molecule has 3 heteroatoms. The van der Waals surface area contributed by atoms with Crippen LogP contribution in [0.3, 0.4) is 0 Å². The first-order valence-electron chi connectivity index (χ1n) is 2.84. The summed E-state index contributed by atoms with van der Waals surface area (Å²) in [6, 6.07) is 0. The maximum Gasteiger partial charge on any atom is 0.115 e. The summed E-state index contributed by atoms with van der Waals surface area (Å²) in [7, 11) is 1.92. The molecule has 0 atom stereocenters. The Balaban J connectivity index is 2.91. The van der Waals surface area contributed by atoms with E-state index in [-0.39, 0.29) is 0 Å². The zero-order chi connectivity index (χ0) is 7.56. The second-order valence-corrected chi connectivity index (χ2v) is 2.97. The van der Waals surface area contributed by atoms with Gasteiger partial charge < -0.3 is 4.58 Å². The third kappa shape index (κ3) is 1.79. The molecule has 0 unspecified atom stereocenters. The number of allylic oxidation sites excluding steroid dienone is 2. The van der Waals surface area contributed by atoms with Gasteiger partial charge in [0.1, 0.15) is 7.05 Å². The van der Waals surface area contributed by atoms with E-state index in [2.05, 4.69) is 0 Å². The summed E-state index contributed by atoms with van der Waals surface area (Å²) in [4.78, 5) is 0. The predicted octanol–water partition coefficient (Wildman–Crippen LogP) is 2.12. The van der Waals surface area contributed by atoms with E-state index in [0.717, 1.165) is 5.57 Å². The molecule has 0 saturated carbocycles. The molecule has 0 spiro atoms. The summed E-state index contributed by atoms with van der Waals surface area (Å²) in [5.74, 6) is 0. The number of hydrogen-bond acceptors (Lipinski definition) is 0. The van der Waals surface area contributed by atoms with E-state index >= 15 is 0 Å². The van der Waals surface area contributed by atoms with Gasteiger partial charge in [0.25, 0.3) is 0 Å². The molecule has 0 radical (unpaired) electrons. The number of hydrogen-bond donors (Lipinski definition) is 0. The molecule has 54 valence electrons. The van der Waals surface area contributed by atoms with Crippen molar-refractivity contribution in [1.82, 2.24) is 0 Å². The van der Waals surface area contributed by atoms with Crippen LogP contribution < -0.4 is 0 Å². The molecule has 0 aliphatic carbocycles. The fourth-order valence-electron chi connectivity index (χ4n) is 0.700. The summed E-state index contributed by atoms with van der Waals surface area (Å²) in [5.41, 5.74) is 0.841. The SMILES string of the molecule is C[N+]1=CC(=C(Cl)Cl)C=C[CH-]1. The van der Waals surface area contributed by atoms with Crippen molar-refractivity contribution in [3.8, 4) is 0 Å². The van der Waals surface area contributed by atoms with E-state index in [0.29, 0.717) is 4.49 Å². The van der Waals surface area contributed by atoms with Gasteiger partial charge in [0.05, 0.1) is 17.3 Å². The van der Waals surface area contributed by atoms with Gasteiger partial charge in [-0.25, -0.2) is 0 Å². The first-order chi connectivity index (χ1) is 4.70. The van der Waals surface area contributed by atoms with Crippen LogP contribution in [0, 0.1) is 6.54 Å². The lowest BCUT2D eigenvalue weighted by atomic mass is 10.2. The van der Waals surface area contributed by atoms with Crippen molar-refractivity contribution in [3.05, 3.63) is 28.8 Å². The normalized spacial score (nSPS) is 16.3. The molecule has 0 aromatic carbocycles. The number of rotatable bonds is 0. The third-order valence-corrected chi connectivity index (χ3v) is 1.59. The monoisotopic (exact) mass is 175 g/mol. The highest BCUT2D eigenvalue weighted by molar-refractivity contribution is 6.57. The van der Waals surface area contributed by atoms with Crippen LogP contribution in [0.1, 0.15) is 0 Å². The average molecular weight is 176 g/mol.